The number of nitrogens with one attached hydrogen (secondary N) is 2. The smallest absolute Gasteiger partial charge is 0.253 e. The number of rotatable bonds is 6. The molecule has 28 heavy (non-hydrogen) atoms. The Morgan fingerprint density at radius 3 is 2.54 bits per heavy atom. The van der Waals surface area contributed by atoms with Crippen LogP contribution in [0.25, 0.3) is 0 Å². The van der Waals surface area contributed by atoms with Gasteiger partial charge in [0.15, 0.2) is 11.5 Å². The third-order valence-electron chi connectivity index (χ3n) is 4.32. The Morgan fingerprint density at radius 2 is 1.82 bits per heavy atom. The third kappa shape index (κ3) is 4.69. The van der Waals surface area contributed by atoms with Gasteiger partial charge in [-0.1, -0.05) is 43.1 Å². The van der Waals surface area contributed by atoms with Gasteiger partial charge in [0.1, 0.15) is 6.04 Å². The monoisotopic (exact) mass is 422 g/mol. The number of benzene rings is 2. The second kappa shape index (κ2) is 8.71. The van der Waals surface area contributed by atoms with Crippen LogP contribution in [0.15, 0.2) is 36.4 Å². The molecule has 0 saturated heterocycles. The minimum atomic E-state index is -0.715. The molecule has 148 valence electrons. The first-order valence-electron chi connectivity index (χ1n) is 8.77. The number of hydrogen-bond donors (Lipinski definition) is 2. The molecule has 2 N–H and O–H groups in total. The van der Waals surface area contributed by atoms with Gasteiger partial charge < -0.3 is 20.1 Å². The molecule has 3 rings (SSSR count). The molecule has 0 saturated carbocycles. The average molecular weight is 423 g/mol. The summed E-state index contributed by atoms with van der Waals surface area (Å²) in [6, 6.07) is 9.35. The van der Waals surface area contributed by atoms with Gasteiger partial charge >= 0.3 is 0 Å². The van der Waals surface area contributed by atoms with E-state index in [0.29, 0.717) is 23.1 Å². The van der Waals surface area contributed by atoms with Gasteiger partial charge in [-0.3, -0.25) is 9.59 Å². The van der Waals surface area contributed by atoms with E-state index in [1.807, 2.05) is 26.0 Å². The lowest BCUT2D eigenvalue weighted by Gasteiger charge is -2.22. The molecule has 8 heteroatoms. The summed E-state index contributed by atoms with van der Waals surface area (Å²) in [5, 5.41) is 6.26. The molecule has 0 aliphatic carbocycles. The number of fused-ring (bicyclic) bond motifs is 1. The number of carbonyl (C=O) groups is 2. The van der Waals surface area contributed by atoms with Crippen molar-refractivity contribution in [3.63, 3.8) is 0 Å². The fourth-order valence-corrected chi connectivity index (χ4v) is 3.27. The zero-order chi connectivity index (χ0) is 20.3. The van der Waals surface area contributed by atoms with Gasteiger partial charge in [0.25, 0.3) is 5.91 Å². The van der Waals surface area contributed by atoms with Gasteiger partial charge in [0, 0.05) is 11.6 Å². The van der Waals surface area contributed by atoms with Crippen LogP contribution >= 0.6 is 23.2 Å². The highest BCUT2D eigenvalue weighted by Crippen LogP contribution is 2.32. The second-order valence-corrected chi connectivity index (χ2v) is 7.57. The van der Waals surface area contributed by atoms with Gasteiger partial charge in [-0.15, -0.1) is 0 Å². The van der Waals surface area contributed by atoms with Crippen LogP contribution in [-0.2, 0) is 11.3 Å². The van der Waals surface area contributed by atoms with Crippen LogP contribution in [0.2, 0.25) is 10.0 Å². The van der Waals surface area contributed by atoms with E-state index in [0.717, 1.165) is 5.56 Å². The molecule has 2 aromatic carbocycles. The first kappa shape index (κ1) is 20.3. The Balaban J connectivity index is 1.64. The summed E-state index contributed by atoms with van der Waals surface area (Å²) in [4.78, 5) is 25.2. The number of hydrogen-bond acceptors (Lipinski definition) is 4. The average Bonchev–Trinajstić information content (AvgIpc) is 3.11. The molecule has 0 unspecified atom stereocenters. The maximum Gasteiger partial charge on any atom is 0.253 e. The molecule has 2 amide bonds. The number of carbonyl (C=O) groups excluding carboxylic acids is 2. The Kier molecular flexibility index (Phi) is 6.31. The van der Waals surface area contributed by atoms with Gasteiger partial charge in [-0.25, -0.2) is 0 Å². The molecule has 0 bridgehead atoms. The van der Waals surface area contributed by atoms with Gasteiger partial charge in [0.2, 0.25) is 12.7 Å². The SMILES string of the molecule is CC(C)[C@@H](NC(=O)c1ccc(Cl)cc1Cl)C(=O)NCc1ccc2c(c1)OCO2. The van der Waals surface area contributed by atoms with Crippen LogP contribution < -0.4 is 20.1 Å². The topological polar surface area (TPSA) is 76.7 Å². The predicted molar refractivity (Wildman–Crippen MR) is 107 cm³/mol. The van der Waals surface area contributed by atoms with Crippen LogP contribution in [0, 0.1) is 5.92 Å². The molecule has 0 spiro atoms. The van der Waals surface area contributed by atoms with Crippen molar-refractivity contribution in [2.75, 3.05) is 6.79 Å². The molecule has 6 nitrogen and oxygen atoms in total. The Morgan fingerprint density at radius 1 is 1.07 bits per heavy atom. The summed E-state index contributed by atoms with van der Waals surface area (Å²) >= 11 is 12.0. The van der Waals surface area contributed by atoms with Crippen molar-refractivity contribution < 1.29 is 19.1 Å². The Labute approximate surface area is 173 Å². The largest absolute Gasteiger partial charge is 0.454 e. The van der Waals surface area contributed by atoms with E-state index in [2.05, 4.69) is 10.6 Å². The molecule has 0 aromatic heterocycles. The van der Waals surface area contributed by atoms with Gasteiger partial charge in [-0.2, -0.15) is 0 Å². The number of halogens is 2. The molecular weight excluding hydrogens is 403 g/mol. The minimum absolute atomic E-state index is 0.119. The highest BCUT2D eigenvalue weighted by molar-refractivity contribution is 6.36. The van der Waals surface area contributed by atoms with Crippen molar-refractivity contribution >= 4 is 35.0 Å². The zero-order valence-corrected chi connectivity index (χ0v) is 16.9. The minimum Gasteiger partial charge on any atom is -0.454 e. The molecular formula is C20H20Cl2N2O4. The zero-order valence-electron chi connectivity index (χ0n) is 15.4. The molecule has 0 fully saturated rings. The van der Waals surface area contributed by atoms with Gasteiger partial charge in [0.05, 0.1) is 10.6 Å². The molecule has 1 aliphatic heterocycles. The standard InChI is InChI=1S/C20H20Cl2N2O4/c1-11(2)18(24-19(25)14-5-4-13(21)8-15(14)22)20(26)23-9-12-3-6-16-17(7-12)28-10-27-16/h3-8,11,18H,9-10H2,1-2H3,(H,23,26)(H,24,25)/t18-/m1/s1. The summed E-state index contributed by atoms with van der Waals surface area (Å²) in [7, 11) is 0. The molecule has 0 radical (unpaired) electrons. The lowest BCUT2D eigenvalue weighted by molar-refractivity contribution is -0.124. The maximum atomic E-state index is 12.7. The van der Waals surface area contributed by atoms with Crippen LogP contribution in [-0.4, -0.2) is 24.6 Å². The second-order valence-electron chi connectivity index (χ2n) is 6.72. The lowest BCUT2D eigenvalue weighted by Crippen LogP contribution is -2.49. The van der Waals surface area contributed by atoms with Crippen molar-refractivity contribution in [2.24, 2.45) is 5.92 Å². The van der Waals surface area contributed by atoms with E-state index in [-0.39, 0.29) is 29.2 Å². The van der Waals surface area contributed by atoms with E-state index in [4.69, 9.17) is 32.7 Å². The lowest BCUT2D eigenvalue weighted by atomic mass is 10.0. The van der Waals surface area contributed by atoms with Crippen LogP contribution in [0.3, 0.4) is 0 Å². The van der Waals surface area contributed by atoms with Crippen molar-refractivity contribution in [2.45, 2.75) is 26.4 Å². The summed E-state index contributed by atoms with van der Waals surface area (Å²) in [6.45, 7) is 4.21. The Hall–Kier alpha value is -2.44. The van der Waals surface area contributed by atoms with E-state index in [1.165, 1.54) is 12.1 Å². The molecule has 1 atom stereocenters. The summed E-state index contributed by atoms with van der Waals surface area (Å²) in [6.07, 6.45) is 0. The normalized spacial score (nSPS) is 13.3. The molecule has 1 aliphatic rings. The highest BCUT2D eigenvalue weighted by atomic mass is 35.5. The quantitative estimate of drug-likeness (QED) is 0.741. The van der Waals surface area contributed by atoms with Crippen LogP contribution in [0.5, 0.6) is 11.5 Å². The van der Waals surface area contributed by atoms with Crippen molar-refractivity contribution in [1.29, 1.82) is 0 Å². The van der Waals surface area contributed by atoms with Crippen LogP contribution in [0.4, 0.5) is 0 Å². The summed E-state index contributed by atoms with van der Waals surface area (Å²) in [5.41, 5.74) is 1.13. The first-order valence-corrected chi connectivity index (χ1v) is 9.53. The van der Waals surface area contributed by atoms with Crippen LogP contribution in [0.1, 0.15) is 29.8 Å². The number of amides is 2. The summed E-state index contributed by atoms with van der Waals surface area (Å²) < 4.78 is 10.6. The number of ether oxygens (including phenoxy) is 2. The maximum absolute atomic E-state index is 12.7. The highest BCUT2D eigenvalue weighted by Gasteiger charge is 2.25. The van der Waals surface area contributed by atoms with Gasteiger partial charge in [-0.05, 0) is 41.8 Å². The third-order valence-corrected chi connectivity index (χ3v) is 4.86. The van der Waals surface area contributed by atoms with Crippen molar-refractivity contribution in [3.8, 4) is 11.5 Å². The fourth-order valence-electron chi connectivity index (χ4n) is 2.78. The van der Waals surface area contributed by atoms with Crippen molar-refractivity contribution in [3.05, 3.63) is 57.6 Å². The molecule has 2 aromatic rings. The van der Waals surface area contributed by atoms with E-state index >= 15 is 0 Å². The predicted octanol–water partition coefficient (Wildman–Crippen LogP) is 3.79. The first-order chi connectivity index (χ1) is 13.3. The van der Waals surface area contributed by atoms with E-state index in [9.17, 15) is 9.59 Å². The van der Waals surface area contributed by atoms with E-state index < -0.39 is 11.9 Å². The fraction of sp³-hybridized carbons (Fsp3) is 0.300. The molecule has 1 heterocycles. The Bertz CT molecular complexity index is 902. The van der Waals surface area contributed by atoms with Crippen molar-refractivity contribution in [1.82, 2.24) is 10.6 Å². The summed E-state index contributed by atoms with van der Waals surface area (Å²) in [5.74, 6) is 0.497. The van der Waals surface area contributed by atoms with E-state index in [1.54, 1.807) is 12.1 Å².